The number of aromatic nitrogens is 1. The molecule has 0 N–H and O–H groups in total. The molecule has 0 amide bonds. The molecule has 0 bridgehead atoms. The van der Waals surface area contributed by atoms with Gasteiger partial charge in [0.1, 0.15) is 11.8 Å². The van der Waals surface area contributed by atoms with E-state index in [1.54, 1.807) is 6.07 Å². The molecule has 1 rings (SSSR count). The van der Waals surface area contributed by atoms with Gasteiger partial charge in [0.05, 0.1) is 12.2 Å². The summed E-state index contributed by atoms with van der Waals surface area (Å²) in [6.45, 7) is 5.34. The van der Waals surface area contributed by atoms with Crippen LogP contribution in [-0.2, 0) is 9.47 Å². The fourth-order valence-electron chi connectivity index (χ4n) is 1.16. The van der Waals surface area contributed by atoms with Crippen LogP contribution in [0.4, 0.5) is 0 Å². The number of hydrogen-bond acceptors (Lipinski definition) is 4. The standard InChI is InChI=1S/C12H15BrClNO3/c1-8(2)7-17-3-4-18-12(16)10-5-9(13)6-15-11(10)14/h5-6,8H,3-4,7H2,1-2H3. The van der Waals surface area contributed by atoms with Gasteiger partial charge in [0.2, 0.25) is 0 Å². The quantitative estimate of drug-likeness (QED) is 0.454. The lowest BCUT2D eigenvalue weighted by Gasteiger charge is -2.08. The molecule has 0 saturated carbocycles. The molecule has 1 heterocycles. The third-order valence-corrected chi connectivity index (χ3v) is 2.67. The minimum atomic E-state index is -0.498. The molecule has 1 aromatic rings. The molecule has 1 aromatic heterocycles. The Balaban J connectivity index is 2.39. The number of esters is 1. The molecule has 18 heavy (non-hydrogen) atoms. The number of ether oxygens (including phenoxy) is 2. The molecule has 0 aliphatic heterocycles. The zero-order valence-electron chi connectivity index (χ0n) is 10.3. The molecular weight excluding hydrogens is 321 g/mol. The van der Waals surface area contributed by atoms with Crippen molar-refractivity contribution < 1.29 is 14.3 Å². The van der Waals surface area contributed by atoms with Gasteiger partial charge < -0.3 is 9.47 Å². The van der Waals surface area contributed by atoms with Crippen LogP contribution in [0.2, 0.25) is 5.15 Å². The summed E-state index contributed by atoms with van der Waals surface area (Å²) in [6.07, 6.45) is 1.52. The average molecular weight is 337 g/mol. The van der Waals surface area contributed by atoms with Crippen molar-refractivity contribution in [3.63, 3.8) is 0 Å². The minimum absolute atomic E-state index is 0.131. The molecule has 0 spiro atoms. The molecule has 100 valence electrons. The van der Waals surface area contributed by atoms with Crippen molar-refractivity contribution in [1.82, 2.24) is 4.98 Å². The zero-order chi connectivity index (χ0) is 13.5. The van der Waals surface area contributed by atoms with Crippen LogP contribution < -0.4 is 0 Å². The Hall–Kier alpha value is -0.650. The molecule has 6 heteroatoms. The highest BCUT2D eigenvalue weighted by Crippen LogP contribution is 2.18. The van der Waals surface area contributed by atoms with Crippen LogP contribution >= 0.6 is 27.5 Å². The summed E-state index contributed by atoms with van der Waals surface area (Å²) in [6, 6.07) is 1.58. The van der Waals surface area contributed by atoms with Crippen LogP contribution in [0.3, 0.4) is 0 Å². The minimum Gasteiger partial charge on any atom is -0.460 e. The molecule has 0 radical (unpaired) electrons. The van der Waals surface area contributed by atoms with E-state index in [1.165, 1.54) is 6.20 Å². The summed E-state index contributed by atoms with van der Waals surface area (Å²) in [7, 11) is 0. The van der Waals surface area contributed by atoms with E-state index in [1.807, 2.05) is 0 Å². The summed E-state index contributed by atoms with van der Waals surface area (Å²) in [4.78, 5) is 15.5. The highest BCUT2D eigenvalue weighted by atomic mass is 79.9. The monoisotopic (exact) mass is 335 g/mol. The third kappa shape index (κ3) is 5.33. The molecule has 0 atom stereocenters. The lowest BCUT2D eigenvalue weighted by molar-refractivity contribution is 0.0277. The van der Waals surface area contributed by atoms with Crippen LogP contribution in [-0.4, -0.2) is 30.8 Å². The number of hydrogen-bond donors (Lipinski definition) is 0. The number of halogens is 2. The third-order valence-electron chi connectivity index (χ3n) is 1.94. The second kappa shape index (κ2) is 7.71. The van der Waals surface area contributed by atoms with Crippen molar-refractivity contribution >= 4 is 33.5 Å². The van der Waals surface area contributed by atoms with E-state index in [4.69, 9.17) is 21.1 Å². The summed E-state index contributed by atoms with van der Waals surface area (Å²) in [5, 5.41) is 0.131. The Labute approximate surface area is 120 Å². The lowest BCUT2D eigenvalue weighted by atomic mass is 10.2. The number of carbonyl (C=O) groups excluding carboxylic acids is 1. The summed E-state index contributed by atoms with van der Waals surface area (Å²) in [5.74, 6) is -0.0358. The van der Waals surface area contributed by atoms with Crippen molar-refractivity contribution in [3.05, 3.63) is 27.5 Å². The molecule has 0 aliphatic rings. The largest absolute Gasteiger partial charge is 0.460 e. The maximum Gasteiger partial charge on any atom is 0.341 e. The van der Waals surface area contributed by atoms with Gasteiger partial charge in [0, 0.05) is 17.3 Å². The first-order valence-corrected chi connectivity index (χ1v) is 6.73. The fraction of sp³-hybridized carbons (Fsp3) is 0.500. The predicted molar refractivity (Wildman–Crippen MR) is 72.9 cm³/mol. The van der Waals surface area contributed by atoms with Gasteiger partial charge in [-0.1, -0.05) is 25.4 Å². The van der Waals surface area contributed by atoms with Crippen LogP contribution in [0.5, 0.6) is 0 Å². The Morgan fingerprint density at radius 1 is 1.50 bits per heavy atom. The first-order valence-electron chi connectivity index (χ1n) is 5.56. The summed E-state index contributed by atoms with van der Waals surface area (Å²) >= 11 is 9.03. The van der Waals surface area contributed by atoms with Crippen LogP contribution in [0.15, 0.2) is 16.7 Å². The SMILES string of the molecule is CC(C)COCCOC(=O)c1cc(Br)cnc1Cl. The number of nitrogens with zero attached hydrogens (tertiary/aromatic N) is 1. The van der Waals surface area contributed by atoms with Gasteiger partial charge in [-0.3, -0.25) is 0 Å². The highest BCUT2D eigenvalue weighted by molar-refractivity contribution is 9.10. The molecule has 0 fully saturated rings. The lowest BCUT2D eigenvalue weighted by Crippen LogP contribution is -2.13. The van der Waals surface area contributed by atoms with Gasteiger partial charge in [0.15, 0.2) is 0 Å². The Kier molecular flexibility index (Phi) is 6.60. The van der Waals surface area contributed by atoms with Gasteiger partial charge in [-0.25, -0.2) is 9.78 Å². The maximum absolute atomic E-state index is 11.7. The molecule has 0 aromatic carbocycles. The Morgan fingerprint density at radius 3 is 2.89 bits per heavy atom. The normalized spacial score (nSPS) is 10.7. The van der Waals surface area contributed by atoms with Gasteiger partial charge >= 0.3 is 5.97 Å². The van der Waals surface area contributed by atoms with Gasteiger partial charge in [-0.15, -0.1) is 0 Å². The van der Waals surface area contributed by atoms with Crippen molar-refractivity contribution in [3.8, 4) is 0 Å². The maximum atomic E-state index is 11.7. The first kappa shape index (κ1) is 15.4. The Morgan fingerprint density at radius 2 is 2.22 bits per heavy atom. The highest BCUT2D eigenvalue weighted by Gasteiger charge is 2.13. The number of pyridine rings is 1. The van der Waals surface area contributed by atoms with Crippen molar-refractivity contribution in [1.29, 1.82) is 0 Å². The van der Waals surface area contributed by atoms with E-state index in [9.17, 15) is 4.79 Å². The van der Waals surface area contributed by atoms with Crippen LogP contribution in [0.1, 0.15) is 24.2 Å². The Bertz CT molecular complexity index is 412. The molecule has 0 saturated heterocycles. The van der Waals surface area contributed by atoms with Crippen LogP contribution in [0, 0.1) is 5.92 Å². The smallest absolute Gasteiger partial charge is 0.341 e. The second-order valence-electron chi connectivity index (χ2n) is 4.10. The van der Waals surface area contributed by atoms with Gasteiger partial charge in [-0.05, 0) is 27.9 Å². The second-order valence-corrected chi connectivity index (χ2v) is 5.37. The van der Waals surface area contributed by atoms with Gasteiger partial charge in [0.25, 0.3) is 0 Å². The van der Waals surface area contributed by atoms with Crippen molar-refractivity contribution in [2.45, 2.75) is 13.8 Å². The molecule has 0 unspecified atom stereocenters. The number of rotatable bonds is 6. The molecular formula is C12H15BrClNO3. The van der Waals surface area contributed by atoms with E-state index in [-0.39, 0.29) is 17.3 Å². The van der Waals surface area contributed by atoms with Gasteiger partial charge in [-0.2, -0.15) is 0 Å². The summed E-state index contributed by atoms with van der Waals surface area (Å²) in [5.41, 5.74) is 0.245. The van der Waals surface area contributed by atoms with E-state index in [0.717, 1.165) is 0 Å². The predicted octanol–water partition coefficient (Wildman–Crippen LogP) is 3.33. The van der Waals surface area contributed by atoms with Crippen molar-refractivity contribution in [2.75, 3.05) is 19.8 Å². The average Bonchev–Trinajstić information content (AvgIpc) is 2.31. The van der Waals surface area contributed by atoms with E-state index in [0.29, 0.717) is 23.6 Å². The van der Waals surface area contributed by atoms with E-state index in [2.05, 4.69) is 34.8 Å². The van der Waals surface area contributed by atoms with E-state index >= 15 is 0 Å². The first-order chi connectivity index (χ1) is 8.50. The molecule has 4 nitrogen and oxygen atoms in total. The van der Waals surface area contributed by atoms with E-state index < -0.39 is 5.97 Å². The number of carbonyl (C=O) groups is 1. The van der Waals surface area contributed by atoms with Crippen LogP contribution in [0.25, 0.3) is 0 Å². The van der Waals surface area contributed by atoms with Crippen molar-refractivity contribution in [2.24, 2.45) is 5.92 Å². The topological polar surface area (TPSA) is 48.4 Å². The molecule has 0 aliphatic carbocycles. The zero-order valence-corrected chi connectivity index (χ0v) is 12.6. The fourth-order valence-corrected chi connectivity index (χ4v) is 1.67. The summed E-state index contributed by atoms with van der Waals surface area (Å²) < 4.78 is 11.0.